The zero-order valence-corrected chi connectivity index (χ0v) is 15.1. The number of benzene rings is 1. The Hall–Kier alpha value is -2.24. The highest BCUT2D eigenvalue weighted by atomic mass is 16.5. The summed E-state index contributed by atoms with van der Waals surface area (Å²) in [7, 11) is 1.68. The fourth-order valence-electron chi connectivity index (χ4n) is 3.83. The Morgan fingerprint density at radius 2 is 1.76 bits per heavy atom. The first-order valence-electron chi connectivity index (χ1n) is 9.06. The van der Waals surface area contributed by atoms with Gasteiger partial charge in [0.15, 0.2) is 0 Å². The molecule has 2 fully saturated rings. The molecule has 0 saturated carbocycles. The lowest BCUT2D eigenvalue weighted by atomic mass is 10.0. The average Bonchev–Trinajstić information content (AvgIpc) is 2.67. The molecular weight excluding hydrogens is 318 g/mol. The molecule has 6 nitrogen and oxygen atoms in total. The van der Waals surface area contributed by atoms with Crippen LogP contribution in [0.2, 0.25) is 0 Å². The summed E-state index contributed by atoms with van der Waals surface area (Å²) < 4.78 is 5.44. The standard InChI is InChI=1S/C19H27N3O3/c1-15(23)22-10-6-5-8-17(22)19(24)21-13-11-20(12-14-21)16-7-3-4-9-18(16)25-2/h3-4,7,9,17H,5-6,8,10-14H2,1-2H3. The second kappa shape index (κ2) is 7.76. The van der Waals surface area contributed by atoms with Gasteiger partial charge < -0.3 is 19.4 Å². The molecule has 0 bridgehead atoms. The van der Waals surface area contributed by atoms with Crippen molar-refractivity contribution in [2.24, 2.45) is 0 Å². The zero-order valence-electron chi connectivity index (χ0n) is 15.1. The molecule has 0 spiro atoms. The van der Waals surface area contributed by atoms with Gasteiger partial charge >= 0.3 is 0 Å². The number of anilines is 1. The smallest absolute Gasteiger partial charge is 0.245 e. The van der Waals surface area contributed by atoms with E-state index in [1.54, 1.807) is 18.9 Å². The third kappa shape index (κ3) is 3.72. The van der Waals surface area contributed by atoms with Gasteiger partial charge in [-0.2, -0.15) is 0 Å². The maximum Gasteiger partial charge on any atom is 0.245 e. The number of rotatable bonds is 3. The van der Waals surface area contributed by atoms with E-state index in [1.807, 2.05) is 23.1 Å². The predicted molar refractivity (Wildman–Crippen MR) is 96.8 cm³/mol. The first-order valence-corrected chi connectivity index (χ1v) is 9.06. The van der Waals surface area contributed by atoms with Crippen molar-refractivity contribution in [3.63, 3.8) is 0 Å². The SMILES string of the molecule is COc1ccccc1N1CCN(C(=O)C2CCCCN2C(C)=O)CC1. The highest BCUT2D eigenvalue weighted by Gasteiger charge is 2.34. The van der Waals surface area contributed by atoms with E-state index in [0.29, 0.717) is 19.6 Å². The largest absolute Gasteiger partial charge is 0.495 e. The summed E-state index contributed by atoms with van der Waals surface area (Å²) in [5.74, 6) is 0.970. The van der Waals surface area contributed by atoms with E-state index in [4.69, 9.17) is 4.74 Å². The maximum absolute atomic E-state index is 12.9. The minimum Gasteiger partial charge on any atom is -0.495 e. The number of carbonyl (C=O) groups excluding carboxylic acids is 2. The molecule has 0 aromatic heterocycles. The molecule has 2 heterocycles. The highest BCUT2D eigenvalue weighted by molar-refractivity contribution is 5.87. The molecule has 25 heavy (non-hydrogen) atoms. The zero-order chi connectivity index (χ0) is 17.8. The van der Waals surface area contributed by atoms with Crippen molar-refractivity contribution in [3.05, 3.63) is 24.3 Å². The fourth-order valence-corrected chi connectivity index (χ4v) is 3.83. The van der Waals surface area contributed by atoms with Gasteiger partial charge in [-0.05, 0) is 31.4 Å². The van der Waals surface area contributed by atoms with E-state index in [0.717, 1.165) is 43.8 Å². The van der Waals surface area contributed by atoms with Crippen molar-refractivity contribution in [2.45, 2.75) is 32.2 Å². The van der Waals surface area contributed by atoms with Crippen molar-refractivity contribution in [2.75, 3.05) is 44.7 Å². The van der Waals surface area contributed by atoms with Gasteiger partial charge in [0.05, 0.1) is 12.8 Å². The van der Waals surface area contributed by atoms with Crippen LogP contribution in [0.1, 0.15) is 26.2 Å². The first-order chi connectivity index (χ1) is 12.1. The van der Waals surface area contributed by atoms with Gasteiger partial charge in [-0.15, -0.1) is 0 Å². The van der Waals surface area contributed by atoms with Crippen LogP contribution in [0.15, 0.2) is 24.3 Å². The number of ether oxygens (including phenoxy) is 1. The van der Waals surface area contributed by atoms with Gasteiger partial charge in [-0.3, -0.25) is 9.59 Å². The quantitative estimate of drug-likeness (QED) is 0.837. The van der Waals surface area contributed by atoms with Crippen LogP contribution in [0.25, 0.3) is 0 Å². The average molecular weight is 345 g/mol. The van der Waals surface area contributed by atoms with Crippen LogP contribution in [-0.2, 0) is 9.59 Å². The topological polar surface area (TPSA) is 53.1 Å². The lowest BCUT2D eigenvalue weighted by molar-refractivity contribution is -0.146. The van der Waals surface area contributed by atoms with Crippen LogP contribution < -0.4 is 9.64 Å². The third-order valence-corrected chi connectivity index (χ3v) is 5.21. The van der Waals surface area contributed by atoms with Crippen molar-refractivity contribution < 1.29 is 14.3 Å². The van der Waals surface area contributed by atoms with Crippen LogP contribution in [0.5, 0.6) is 5.75 Å². The van der Waals surface area contributed by atoms with Gasteiger partial charge in [0, 0.05) is 39.6 Å². The number of nitrogens with zero attached hydrogens (tertiary/aromatic N) is 3. The Balaban J connectivity index is 1.63. The molecule has 136 valence electrons. The third-order valence-electron chi connectivity index (χ3n) is 5.21. The monoisotopic (exact) mass is 345 g/mol. The summed E-state index contributed by atoms with van der Waals surface area (Å²) in [6.45, 7) is 5.17. The van der Waals surface area contributed by atoms with E-state index in [1.165, 1.54) is 0 Å². The van der Waals surface area contributed by atoms with Gasteiger partial charge in [-0.1, -0.05) is 12.1 Å². The molecule has 6 heteroatoms. The van der Waals surface area contributed by atoms with Crippen molar-refractivity contribution >= 4 is 17.5 Å². The Morgan fingerprint density at radius 3 is 2.44 bits per heavy atom. The summed E-state index contributed by atoms with van der Waals surface area (Å²) in [6.07, 6.45) is 2.79. The number of methoxy groups -OCH3 is 1. The number of hydrogen-bond acceptors (Lipinski definition) is 4. The molecular formula is C19H27N3O3. The summed E-state index contributed by atoms with van der Waals surface area (Å²) in [4.78, 5) is 30.7. The minimum atomic E-state index is -0.274. The van der Waals surface area contributed by atoms with E-state index in [2.05, 4.69) is 11.0 Å². The van der Waals surface area contributed by atoms with Gasteiger partial charge in [0.25, 0.3) is 0 Å². The Morgan fingerprint density at radius 1 is 1.04 bits per heavy atom. The van der Waals surface area contributed by atoms with Crippen molar-refractivity contribution in [1.82, 2.24) is 9.80 Å². The maximum atomic E-state index is 12.9. The predicted octanol–water partition coefficient (Wildman–Crippen LogP) is 1.74. The molecule has 1 atom stereocenters. The van der Waals surface area contributed by atoms with Crippen LogP contribution >= 0.6 is 0 Å². The second-order valence-electron chi connectivity index (χ2n) is 6.71. The normalized spacial score (nSPS) is 21.2. The summed E-state index contributed by atoms with van der Waals surface area (Å²) in [6, 6.07) is 7.70. The molecule has 1 unspecified atom stereocenters. The Labute approximate surface area is 149 Å². The van der Waals surface area contributed by atoms with Crippen LogP contribution in [-0.4, -0.2) is 67.5 Å². The van der Waals surface area contributed by atoms with Crippen LogP contribution in [0, 0.1) is 0 Å². The molecule has 1 aromatic rings. The minimum absolute atomic E-state index is 0.00529. The number of likely N-dealkylation sites (tertiary alicyclic amines) is 1. The lowest BCUT2D eigenvalue weighted by Crippen LogP contribution is -2.57. The number of piperazine rings is 1. The Bertz CT molecular complexity index is 626. The van der Waals surface area contributed by atoms with Crippen LogP contribution in [0.3, 0.4) is 0 Å². The van der Waals surface area contributed by atoms with E-state index in [9.17, 15) is 9.59 Å². The summed E-state index contributed by atoms with van der Waals surface area (Å²) in [5.41, 5.74) is 1.07. The fraction of sp³-hybridized carbons (Fsp3) is 0.579. The first kappa shape index (κ1) is 17.6. The van der Waals surface area contributed by atoms with E-state index >= 15 is 0 Å². The Kier molecular flexibility index (Phi) is 5.46. The number of carbonyl (C=O) groups is 2. The summed E-state index contributed by atoms with van der Waals surface area (Å²) in [5, 5.41) is 0. The second-order valence-corrected chi connectivity index (χ2v) is 6.71. The molecule has 2 aliphatic rings. The van der Waals surface area contributed by atoms with Crippen molar-refractivity contribution in [1.29, 1.82) is 0 Å². The molecule has 0 aliphatic carbocycles. The van der Waals surface area contributed by atoms with E-state index < -0.39 is 0 Å². The number of amides is 2. The number of hydrogen-bond donors (Lipinski definition) is 0. The molecule has 2 saturated heterocycles. The van der Waals surface area contributed by atoms with Gasteiger partial charge in [0.2, 0.25) is 11.8 Å². The summed E-state index contributed by atoms with van der Waals surface area (Å²) >= 11 is 0. The molecule has 2 aliphatic heterocycles. The highest BCUT2D eigenvalue weighted by Crippen LogP contribution is 2.28. The molecule has 3 rings (SSSR count). The molecule has 0 radical (unpaired) electrons. The molecule has 1 aromatic carbocycles. The lowest BCUT2D eigenvalue weighted by Gasteiger charge is -2.41. The molecule has 0 N–H and O–H groups in total. The molecule has 2 amide bonds. The number of piperidine rings is 1. The van der Waals surface area contributed by atoms with Crippen LogP contribution in [0.4, 0.5) is 5.69 Å². The van der Waals surface area contributed by atoms with Crippen molar-refractivity contribution in [3.8, 4) is 5.75 Å². The van der Waals surface area contributed by atoms with E-state index in [-0.39, 0.29) is 17.9 Å². The number of para-hydroxylation sites is 2. The van der Waals surface area contributed by atoms with Gasteiger partial charge in [0.1, 0.15) is 11.8 Å². The van der Waals surface area contributed by atoms with Gasteiger partial charge in [-0.25, -0.2) is 0 Å².